The summed E-state index contributed by atoms with van der Waals surface area (Å²) in [5.41, 5.74) is 0. The zero-order chi connectivity index (χ0) is 14.7. The maximum Gasteiger partial charge on any atom is 0.228 e. The fourth-order valence-electron chi connectivity index (χ4n) is 3.62. The monoisotopic (exact) mass is 298 g/mol. The summed E-state index contributed by atoms with van der Waals surface area (Å²) in [6.07, 6.45) is 2.07. The Hall–Kier alpha value is -0.690. The van der Waals surface area contributed by atoms with Gasteiger partial charge in [0.25, 0.3) is 0 Å². The number of nitrogens with zero attached hydrogens (tertiary/aromatic N) is 2. The maximum atomic E-state index is 12.6. The molecule has 0 aromatic carbocycles. The first-order chi connectivity index (χ1) is 10.3. The first-order valence-corrected chi connectivity index (χ1v) is 8.00. The van der Waals surface area contributed by atoms with Crippen molar-refractivity contribution < 1.29 is 19.0 Å². The number of methoxy groups -OCH3 is 1. The van der Waals surface area contributed by atoms with Gasteiger partial charge in [0, 0.05) is 39.9 Å². The Morgan fingerprint density at radius 1 is 1.29 bits per heavy atom. The van der Waals surface area contributed by atoms with E-state index in [2.05, 4.69) is 4.90 Å². The summed E-state index contributed by atoms with van der Waals surface area (Å²) in [7, 11) is 1.73. The summed E-state index contributed by atoms with van der Waals surface area (Å²) in [5, 5.41) is 0. The van der Waals surface area contributed by atoms with Crippen LogP contribution in [0.25, 0.3) is 0 Å². The van der Waals surface area contributed by atoms with E-state index in [1.54, 1.807) is 7.11 Å². The fourth-order valence-corrected chi connectivity index (χ4v) is 3.62. The van der Waals surface area contributed by atoms with E-state index in [0.717, 1.165) is 58.8 Å². The minimum Gasteiger partial charge on any atom is -0.383 e. The van der Waals surface area contributed by atoms with E-state index >= 15 is 0 Å². The number of rotatable bonds is 4. The number of likely N-dealkylation sites (tertiary alicyclic amines) is 1. The lowest BCUT2D eigenvalue weighted by molar-refractivity contribution is -0.147. The lowest BCUT2D eigenvalue weighted by atomic mass is 9.96. The molecule has 6 heteroatoms. The molecule has 0 bridgehead atoms. The molecule has 0 spiro atoms. The molecule has 3 fully saturated rings. The van der Waals surface area contributed by atoms with E-state index < -0.39 is 0 Å². The number of fused-ring (bicyclic) bond motifs is 1. The van der Waals surface area contributed by atoms with E-state index in [-0.39, 0.29) is 17.9 Å². The van der Waals surface area contributed by atoms with Crippen molar-refractivity contribution in [2.24, 2.45) is 5.92 Å². The molecular formula is C15H26N2O4. The molecule has 1 amide bonds. The van der Waals surface area contributed by atoms with Gasteiger partial charge in [-0.3, -0.25) is 9.69 Å². The normalized spacial score (nSPS) is 34.0. The Kier molecular flexibility index (Phi) is 5.11. The van der Waals surface area contributed by atoms with Gasteiger partial charge in [-0.1, -0.05) is 0 Å². The van der Waals surface area contributed by atoms with Crippen LogP contribution in [-0.4, -0.2) is 87.6 Å². The number of piperidine rings is 1. The lowest BCUT2D eigenvalue weighted by Gasteiger charge is -2.47. The number of carbonyl (C=O) groups excluding carboxylic acids is 1. The molecule has 0 unspecified atom stereocenters. The standard InChI is InChI=1S/C15H26N2O4/c1-19-8-5-16-6-9-21-14-2-4-17(10-13(14)16)15(18)12-3-7-20-11-12/h12-14H,2-11H2,1H3/t12-,13-,14-/m0/s1. The van der Waals surface area contributed by atoms with E-state index in [1.165, 1.54) is 0 Å². The highest BCUT2D eigenvalue weighted by atomic mass is 16.5. The number of carbonyl (C=O) groups is 1. The predicted octanol–water partition coefficient (Wildman–Crippen LogP) is -0.0290. The van der Waals surface area contributed by atoms with Gasteiger partial charge in [0.05, 0.1) is 37.9 Å². The second kappa shape index (κ2) is 7.05. The molecule has 3 aliphatic rings. The Balaban J connectivity index is 1.60. The molecule has 6 nitrogen and oxygen atoms in total. The minimum absolute atomic E-state index is 0.0680. The molecular weight excluding hydrogens is 272 g/mol. The largest absolute Gasteiger partial charge is 0.383 e. The van der Waals surface area contributed by atoms with Crippen molar-refractivity contribution in [3.05, 3.63) is 0 Å². The molecule has 120 valence electrons. The van der Waals surface area contributed by atoms with Crippen LogP contribution in [0.2, 0.25) is 0 Å². The summed E-state index contributed by atoms with van der Waals surface area (Å²) >= 11 is 0. The zero-order valence-corrected chi connectivity index (χ0v) is 12.8. The van der Waals surface area contributed by atoms with Crippen LogP contribution in [0, 0.1) is 5.92 Å². The van der Waals surface area contributed by atoms with Crippen molar-refractivity contribution in [1.29, 1.82) is 0 Å². The molecule has 0 aliphatic carbocycles. The third-order valence-electron chi connectivity index (χ3n) is 4.87. The molecule has 0 radical (unpaired) electrons. The van der Waals surface area contributed by atoms with Gasteiger partial charge >= 0.3 is 0 Å². The van der Waals surface area contributed by atoms with Crippen molar-refractivity contribution in [1.82, 2.24) is 9.80 Å². The highest BCUT2D eigenvalue weighted by Gasteiger charge is 2.39. The van der Waals surface area contributed by atoms with Gasteiger partial charge < -0.3 is 19.1 Å². The molecule has 3 heterocycles. The summed E-state index contributed by atoms with van der Waals surface area (Å²) in [4.78, 5) is 17.0. The van der Waals surface area contributed by atoms with Crippen LogP contribution >= 0.6 is 0 Å². The maximum absolute atomic E-state index is 12.6. The number of ether oxygens (including phenoxy) is 3. The summed E-state index contributed by atoms with van der Waals surface area (Å²) in [6, 6.07) is 0.314. The van der Waals surface area contributed by atoms with Crippen LogP contribution in [0.1, 0.15) is 12.8 Å². The fraction of sp³-hybridized carbons (Fsp3) is 0.933. The van der Waals surface area contributed by atoms with Crippen molar-refractivity contribution in [3.63, 3.8) is 0 Å². The van der Waals surface area contributed by atoms with Gasteiger partial charge in [-0.25, -0.2) is 0 Å². The van der Waals surface area contributed by atoms with E-state index in [0.29, 0.717) is 12.6 Å². The van der Waals surface area contributed by atoms with Gasteiger partial charge in [-0.15, -0.1) is 0 Å². The SMILES string of the molecule is COCCN1CCO[C@H]2CCN(C(=O)[C@H]3CCOC3)C[C@@H]21. The average Bonchev–Trinajstić information content (AvgIpc) is 3.06. The van der Waals surface area contributed by atoms with Gasteiger partial charge in [-0.2, -0.15) is 0 Å². The number of hydrogen-bond acceptors (Lipinski definition) is 5. The van der Waals surface area contributed by atoms with Crippen LogP contribution in [0.15, 0.2) is 0 Å². The highest BCUT2D eigenvalue weighted by molar-refractivity contribution is 5.79. The van der Waals surface area contributed by atoms with Crippen molar-refractivity contribution in [3.8, 4) is 0 Å². The summed E-state index contributed by atoms with van der Waals surface area (Å²) < 4.78 is 16.5. The smallest absolute Gasteiger partial charge is 0.228 e. The quantitative estimate of drug-likeness (QED) is 0.729. The second-order valence-corrected chi connectivity index (χ2v) is 6.14. The van der Waals surface area contributed by atoms with Crippen molar-refractivity contribution in [2.45, 2.75) is 25.0 Å². The van der Waals surface area contributed by atoms with E-state index in [4.69, 9.17) is 14.2 Å². The third-order valence-corrected chi connectivity index (χ3v) is 4.87. The molecule has 0 aromatic heterocycles. The highest BCUT2D eigenvalue weighted by Crippen LogP contribution is 2.25. The molecule has 3 atom stereocenters. The Labute approximate surface area is 126 Å². The third kappa shape index (κ3) is 3.39. The predicted molar refractivity (Wildman–Crippen MR) is 77.1 cm³/mol. The van der Waals surface area contributed by atoms with Crippen molar-refractivity contribution >= 4 is 5.91 Å². The Morgan fingerprint density at radius 2 is 2.19 bits per heavy atom. The second-order valence-electron chi connectivity index (χ2n) is 6.14. The average molecular weight is 298 g/mol. The Morgan fingerprint density at radius 3 is 2.95 bits per heavy atom. The topological polar surface area (TPSA) is 51.2 Å². The van der Waals surface area contributed by atoms with Crippen LogP contribution < -0.4 is 0 Å². The van der Waals surface area contributed by atoms with Crippen LogP contribution in [-0.2, 0) is 19.0 Å². The molecule has 0 aromatic rings. The number of hydrogen-bond donors (Lipinski definition) is 0. The van der Waals surface area contributed by atoms with E-state index in [1.807, 2.05) is 4.90 Å². The zero-order valence-electron chi connectivity index (χ0n) is 12.8. The first-order valence-electron chi connectivity index (χ1n) is 8.00. The summed E-state index contributed by atoms with van der Waals surface area (Å²) in [6.45, 7) is 6.27. The van der Waals surface area contributed by atoms with Gasteiger partial charge in [0.15, 0.2) is 0 Å². The molecule has 21 heavy (non-hydrogen) atoms. The molecule has 3 rings (SSSR count). The van der Waals surface area contributed by atoms with Gasteiger partial charge in [-0.05, 0) is 12.8 Å². The molecule has 0 saturated carbocycles. The molecule has 3 saturated heterocycles. The van der Waals surface area contributed by atoms with Crippen LogP contribution in [0.3, 0.4) is 0 Å². The minimum atomic E-state index is 0.0680. The van der Waals surface area contributed by atoms with E-state index in [9.17, 15) is 4.79 Å². The molecule has 3 aliphatic heterocycles. The van der Waals surface area contributed by atoms with Crippen LogP contribution in [0.5, 0.6) is 0 Å². The van der Waals surface area contributed by atoms with Gasteiger partial charge in [0.1, 0.15) is 0 Å². The Bertz CT molecular complexity index is 360. The lowest BCUT2D eigenvalue weighted by Crippen LogP contribution is -2.61. The van der Waals surface area contributed by atoms with Gasteiger partial charge in [0.2, 0.25) is 5.91 Å². The first kappa shape index (κ1) is 15.2. The number of morpholine rings is 1. The summed E-state index contributed by atoms with van der Waals surface area (Å²) in [5.74, 6) is 0.335. The number of amides is 1. The van der Waals surface area contributed by atoms with Crippen LogP contribution in [0.4, 0.5) is 0 Å². The molecule has 0 N–H and O–H groups in total. The van der Waals surface area contributed by atoms with Crippen molar-refractivity contribution in [2.75, 3.05) is 59.7 Å².